The van der Waals surface area contributed by atoms with Crippen LogP contribution in [0.25, 0.3) is 0 Å². The van der Waals surface area contributed by atoms with Crippen molar-refractivity contribution in [2.45, 2.75) is 101 Å². The smallest absolute Gasteiger partial charge is 0.456 e. The topological polar surface area (TPSA) is 144 Å². The van der Waals surface area contributed by atoms with Crippen molar-refractivity contribution in [1.82, 2.24) is 0 Å². The number of carbonyl (C=O) groups excluding carboxylic acids is 2. The molecule has 4 unspecified atom stereocenters. The Morgan fingerprint density at radius 1 is 0.947 bits per heavy atom. The number of halogens is 2. The summed E-state index contributed by atoms with van der Waals surface area (Å²) in [4.78, 5) is 25.8. The van der Waals surface area contributed by atoms with Gasteiger partial charge in [0.1, 0.15) is 18.3 Å². The molecule has 4 aliphatic carbocycles. The van der Waals surface area contributed by atoms with Gasteiger partial charge in [0.05, 0.1) is 18.6 Å². The van der Waals surface area contributed by atoms with Crippen molar-refractivity contribution in [1.29, 1.82) is 0 Å². The summed E-state index contributed by atoms with van der Waals surface area (Å²) in [5.74, 6) is -5.26. The fourth-order valence-corrected chi connectivity index (χ4v) is 7.37. The maximum Gasteiger partial charge on any atom is 0.465 e. The maximum atomic E-state index is 13.9. The largest absolute Gasteiger partial charge is 0.465 e. The number of hydrogen-bond acceptors (Lipinski definition) is 10. The molecule has 0 spiro atoms. The van der Waals surface area contributed by atoms with E-state index in [-0.39, 0.29) is 32.0 Å². The molecule has 1 N–H and O–H groups in total. The summed E-state index contributed by atoms with van der Waals surface area (Å²) in [5, 5.41) is -5.07. The monoisotopic (exact) mass is 568 g/mol. The Hall–Kier alpha value is -1.45. The highest BCUT2D eigenvalue weighted by atomic mass is 32.2. The van der Waals surface area contributed by atoms with Crippen LogP contribution in [0.5, 0.6) is 0 Å². The second-order valence-electron chi connectivity index (χ2n) is 12.2. The summed E-state index contributed by atoms with van der Waals surface area (Å²) in [5.41, 5.74) is -0.910. The fourth-order valence-electron chi connectivity index (χ4n) is 7.11. The van der Waals surface area contributed by atoms with E-state index in [9.17, 15) is 26.8 Å². The SMILES string of the molecule is CC1(C)OCC(C(OC(=O)C23CC4CC(C2)C(OC(=O)C(F)(F)S(=O)(=O)O)C(C4)C3)C2COC(C)(C)O2)O1. The number of carbonyl (C=O) groups is 2. The van der Waals surface area contributed by atoms with Gasteiger partial charge in [0, 0.05) is 0 Å². The van der Waals surface area contributed by atoms with Crippen LogP contribution >= 0.6 is 0 Å². The van der Waals surface area contributed by atoms with Crippen LogP contribution < -0.4 is 0 Å². The lowest BCUT2D eigenvalue weighted by Crippen LogP contribution is -2.59. The Kier molecular flexibility index (Phi) is 6.68. The molecule has 0 aromatic heterocycles. The van der Waals surface area contributed by atoms with Crippen molar-refractivity contribution in [2.75, 3.05) is 13.2 Å². The molecule has 6 fully saturated rings. The lowest BCUT2D eigenvalue weighted by molar-refractivity contribution is -0.218. The number of hydrogen-bond donors (Lipinski definition) is 1. The van der Waals surface area contributed by atoms with Gasteiger partial charge in [-0.15, -0.1) is 0 Å². The fraction of sp³-hybridized carbons (Fsp3) is 0.917. The van der Waals surface area contributed by atoms with Crippen molar-refractivity contribution in [3.05, 3.63) is 0 Å². The molecule has 0 aromatic carbocycles. The van der Waals surface area contributed by atoms with Crippen molar-refractivity contribution in [2.24, 2.45) is 23.2 Å². The van der Waals surface area contributed by atoms with E-state index < -0.39 is 80.6 Å². The normalized spacial score (nSPS) is 40.2. The van der Waals surface area contributed by atoms with Gasteiger partial charge < -0.3 is 28.4 Å². The van der Waals surface area contributed by atoms with E-state index >= 15 is 0 Å². The Morgan fingerprint density at radius 2 is 1.45 bits per heavy atom. The van der Waals surface area contributed by atoms with Crippen LogP contribution in [0.4, 0.5) is 8.78 Å². The van der Waals surface area contributed by atoms with Gasteiger partial charge in [-0.2, -0.15) is 17.2 Å². The summed E-state index contributed by atoms with van der Waals surface area (Å²) in [6, 6.07) is 0. The molecule has 6 aliphatic rings. The summed E-state index contributed by atoms with van der Waals surface area (Å²) in [7, 11) is -5.98. The van der Waals surface area contributed by atoms with Crippen LogP contribution in [0.15, 0.2) is 0 Å². The molecule has 0 aromatic rings. The first-order valence-corrected chi connectivity index (χ1v) is 14.3. The number of rotatable bonds is 7. The Morgan fingerprint density at radius 3 is 1.87 bits per heavy atom. The first kappa shape index (κ1) is 28.1. The number of ether oxygens (including phenoxy) is 6. The van der Waals surface area contributed by atoms with Crippen molar-refractivity contribution in [3.63, 3.8) is 0 Å². The zero-order valence-electron chi connectivity index (χ0n) is 21.7. The quantitative estimate of drug-likeness (QED) is 0.357. The van der Waals surface area contributed by atoms with E-state index in [1.807, 2.05) is 0 Å². The summed E-state index contributed by atoms with van der Waals surface area (Å²) in [6.45, 7) is 7.40. The number of alkyl halides is 2. The van der Waals surface area contributed by atoms with Crippen LogP contribution in [0, 0.1) is 23.2 Å². The minimum atomic E-state index is -5.98. The molecular formula is C24H34F2O11S. The molecule has 4 bridgehead atoms. The number of esters is 2. The van der Waals surface area contributed by atoms with E-state index in [0.29, 0.717) is 19.3 Å². The molecular weight excluding hydrogens is 534 g/mol. The van der Waals surface area contributed by atoms with Gasteiger partial charge in [-0.1, -0.05) is 0 Å². The molecule has 14 heteroatoms. The summed E-state index contributed by atoms with van der Waals surface area (Å²) in [6.07, 6.45) is -0.872. The lowest BCUT2D eigenvalue weighted by atomic mass is 9.48. The van der Waals surface area contributed by atoms with Crippen molar-refractivity contribution < 1.29 is 59.8 Å². The van der Waals surface area contributed by atoms with Crippen LogP contribution in [0.2, 0.25) is 0 Å². The van der Waals surface area contributed by atoms with Crippen molar-refractivity contribution in [3.8, 4) is 0 Å². The van der Waals surface area contributed by atoms with E-state index in [0.717, 1.165) is 0 Å². The third kappa shape index (κ3) is 4.96. The van der Waals surface area contributed by atoms with E-state index in [4.69, 9.17) is 33.0 Å². The molecule has 4 saturated carbocycles. The molecule has 2 heterocycles. The van der Waals surface area contributed by atoms with Crippen LogP contribution in [0.1, 0.15) is 59.8 Å². The van der Waals surface area contributed by atoms with Gasteiger partial charge in [-0.05, 0) is 77.6 Å². The predicted octanol–water partition coefficient (Wildman–Crippen LogP) is 2.42. The van der Waals surface area contributed by atoms with Gasteiger partial charge in [0.15, 0.2) is 17.7 Å². The molecule has 2 aliphatic heterocycles. The molecule has 4 atom stereocenters. The Labute approximate surface area is 219 Å². The molecule has 2 saturated heterocycles. The minimum absolute atomic E-state index is 0.102. The van der Waals surface area contributed by atoms with E-state index in [1.54, 1.807) is 27.7 Å². The highest BCUT2D eigenvalue weighted by Crippen LogP contribution is 2.61. The molecule has 216 valence electrons. The minimum Gasteiger partial charge on any atom is -0.456 e. The first-order chi connectivity index (χ1) is 17.4. The maximum absolute atomic E-state index is 13.9. The third-order valence-corrected chi connectivity index (χ3v) is 9.28. The van der Waals surface area contributed by atoms with Gasteiger partial charge in [0.25, 0.3) is 0 Å². The van der Waals surface area contributed by atoms with Crippen LogP contribution in [-0.2, 0) is 48.1 Å². The lowest BCUT2D eigenvalue weighted by Gasteiger charge is -2.58. The average molecular weight is 569 g/mol. The molecule has 0 radical (unpaired) electrons. The highest BCUT2D eigenvalue weighted by molar-refractivity contribution is 7.87. The zero-order chi connectivity index (χ0) is 27.9. The van der Waals surface area contributed by atoms with E-state index in [2.05, 4.69) is 0 Å². The second-order valence-corrected chi connectivity index (χ2v) is 13.7. The highest BCUT2D eigenvalue weighted by Gasteiger charge is 2.63. The summed E-state index contributed by atoms with van der Waals surface area (Å²) >= 11 is 0. The van der Waals surface area contributed by atoms with Crippen molar-refractivity contribution >= 4 is 22.1 Å². The van der Waals surface area contributed by atoms with Gasteiger partial charge >= 0.3 is 27.3 Å². The second kappa shape index (κ2) is 9.03. The van der Waals surface area contributed by atoms with Gasteiger partial charge in [-0.3, -0.25) is 9.35 Å². The standard InChI is InChI=1S/C24H34F2O11S/c1-21(2)32-10-15(36-21)18(16-11-33-22(3,4)37-16)35-19(27)23-7-12-5-13(8-23)17(14(6-12)9-23)34-20(28)24(25,26)38(29,30)31/h12-18H,5-11H2,1-4H3,(H,29,30,31). The van der Waals surface area contributed by atoms with Crippen LogP contribution in [-0.4, -0.2) is 79.4 Å². The van der Waals surface area contributed by atoms with Gasteiger partial charge in [0.2, 0.25) is 0 Å². The first-order valence-electron chi connectivity index (χ1n) is 12.8. The Bertz CT molecular complexity index is 1050. The third-order valence-electron chi connectivity index (χ3n) is 8.46. The van der Waals surface area contributed by atoms with E-state index in [1.165, 1.54) is 0 Å². The molecule has 0 amide bonds. The molecule has 11 nitrogen and oxygen atoms in total. The van der Waals surface area contributed by atoms with Crippen LogP contribution in [0.3, 0.4) is 0 Å². The van der Waals surface area contributed by atoms with Gasteiger partial charge in [-0.25, -0.2) is 4.79 Å². The molecule has 6 rings (SSSR count). The molecule has 38 heavy (non-hydrogen) atoms. The predicted molar refractivity (Wildman–Crippen MR) is 122 cm³/mol. The Balaban J connectivity index is 1.32. The average Bonchev–Trinajstić information content (AvgIpc) is 3.33. The zero-order valence-corrected chi connectivity index (χ0v) is 22.5. The summed E-state index contributed by atoms with van der Waals surface area (Å²) < 4.78 is 93.0.